The van der Waals surface area contributed by atoms with Gasteiger partial charge in [0.25, 0.3) is 0 Å². The van der Waals surface area contributed by atoms with Crippen LogP contribution in [-0.2, 0) is 6.54 Å². The summed E-state index contributed by atoms with van der Waals surface area (Å²) in [6.45, 7) is 8.80. The number of aryl methyl sites for hydroxylation is 1. The number of benzene rings is 1. The van der Waals surface area contributed by atoms with Crippen molar-refractivity contribution in [1.82, 2.24) is 10.2 Å². The average molecular weight is 259 g/mol. The first-order valence-corrected chi connectivity index (χ1v) is 6.40. The Morgan fingerprint density at radius 2 is 1.84 bits per heavy atom. The fourth-order valence-electron chi connectivity index (χ4n) is 2.50. The molecule has 0 amide bonds. The summed E-state index contributed by atoms with van der Waals surface area (Å²) in [5, 5.41) is 7.45. The number of nitrogens with two attached hydrogens (primary N) is 1. The van der Waals surface area contributed by atoms with E-state index in [9.17, 15) is 0 Å². The van der Waals surface area contributed by atoms with Crippen molar-refractivity contribution in [2.75, 3.05) is 7.11 Å². The van der Waals surface area contributed by atoms with E-state index in [1.165, 1.54) is 11.1 Å². The summed E-state index contributed by atoms with van der Waals surface area (Å²) in [7, 11) is 1.70. The fraction of sp³-hybridized carbons (Fsp3) is 0.400. The van der Waals surface area contributed by atoms with Gasteiger partial charge in [-0.15, -0.1) is 0 Å². The molecular weight excluding hydrogens is 238 g/mol. The maximum absolute atomic E-state index is 5.70. The second kappa shape index (κ2) is 5.05. The number of ether oxygens (including phenoxy) is 1. The SMILES string of the molecule is COc1cc(C)c(-c2n[nH]c(CN)c2C)c(C)c1C. The fourth-order valence-corrected chi connectivity index (χ4v) is 2.50. The van der Waals surface area contributed by atoms with Gasteiger partial charge in [-0.25, -0.2) is 0 Å². The molecule has 1 heterocycles. The predicted molar refractivity (Wildman–Crippen MR) is 77.4 cm³/mol. The number of nitrogens with one attached hydrogen (secondary N) is 1. The minimum Gasteiger partial charge on any atom is -0.496 e. The van der Waals surface area contributed by atoms with Crippen LogP contribution in [0.4, 0.5) is 0 Å². The highest BCUT2D eigenvalue weighted by Gasteiger charge is 2.17. The van der Waals surface area contributed by atoms with Crippen LogP contribution in [0, 0.1) is 27.7 Å². The smallest absolute Gasteiger partial charge is 0.122 e. The number of H-pyrrole nitrogens is 1. The van der Waals surface area contributed by atoms with E-state index in [1.54, 1.807) is 7.11 Å². The molecule has 3 N–H and O–H groups in total. The summed E-state index contributed by atoms with van der Waals surface area (Å²) in [6.07, 6.45) is 0. The maximum atomic E-state index is 5.70. The normalized spacial score (nSPS) is 10.8. The number of hydrogen-bond acceptors (Lipinski definition) is 3. The Balaban J connectivity index is 2.69. The van der Waals surface area contributed by atoms with Crippen LogP contribution in [0.5, 0.6) is 5.75 Å². The van der Waals surface area contributed by atoms with Gasteiger partial charge in [0.2, 0.25) is 0 Å². The number of aromatic amines is 1. The van der Waals surface area contributed by atoms with Crippen LogP contribution >= 0.6 is 0 Å². The Labute approximate surface area is 114 Å². The first kappa shape index (κ1) is 13.6. The van der Waals surface area contributed by atoms with Gasteiger partial charge >= 0.3 is 0 Å². The first-order valence-electron chi connectivity index (χ1n) is 6.40. The molecule has 4 nitrogen and oxygen atoms in total. The van der Waals surface area contributed by atoms with Gasteiger partial charge in [-0.05, 0) is 56.0 Å². The highest BCUT2D eigenvalue weighted by molar-refractivity contribution is 5.73. The molecule has 4 heteroatoms. The molecule has 0 atom stereocenters. The molecule has 0 fully saturated rings. The third kappa shape index (κ3) is 2.12. The topological polar surface area (TPSA) is 63.9 Å². The monoisotopic (exact) mass is 259 g/mol. The molecule has 0 saturated heterocycles. The van der Waals surface area contributed by atoms with Crippen molar-refractivity contribution in [3.05, 3.63) is 34.0 Å². The van der Waals surface area contributed by atoms with Crippen LogP contribution < -0.4 is 10.5 Å². The quantitative estimate of drug-likeness (QED) is 0.890. The zero-order chi connectivity index (χ0) is 14.2. The van der Waals surface area contributed by atoms with Gasteiger partial charge in [0.15, 0.2) is 0 Å². The molecule has 0 saturated carbocycles. The Morgan fingerprint density at radius 1 is 1.16 bits per heavy atom. The molecule has 19 heavy (non-hydrogen) atoms. The maximum Gasteiger partial charge on any atom is 0.122 e. The summed E-state index contributed by atoms with van der Waals surface area (Å²) in [5.41, 5.74) is 13.5. The molecule has 0 radical (unpaired) electrons. The lowest BCUT2D eigenvalue weighted by molar-refractivity contribution is 0.411. The molecule has 0 bridgehead atoms. The zero-order valence-corrected chi connectivity index (χ0v) is 12.2. The minimum atomic E-state index is 0.478. The minimum absolute atomic E-state index is 0.478. The Bertz CT molecular complexity index is 614. The van der Waals surface area contributed by atoms with Gasteiger partial charge < -0.3 is 10.5 Å². The highest BCUT2D eigenvalue weighted by Crippen LogP contribution is 2.35. The first-order chi connectivity index (χ1) is 9.01. The van der Waals surface area contributed by atoms with Crippen molar-refractivity contribution in [3.63, 3.8) is 0 Å². The van der Waals surface area contributed by atoms with Gasteiger partial charge in [0, 0.05) is 12.1 Å². The van der Waals surface area contributed by atoms with Crippen molar-refractivity contribution >= 4 is 0 Å². The third-order valence-corrected chi connectivity index (χ3v) is 3.82. The lowest BCUT2D eigenvalue weighted by Gasteiger charge is -2.15. The predicted octanol–water partition coefficient (Wildman–Crippen LogP) is 2.78. The Hall–Kier alpha value is -1.81. The molecule has 0 aliphatic heterocycles. The third-order valence-electron chi connectivity index (χ3n) is 3.82. The van der Waals surface area contributed by atoms with Gasteiger partial charge in [-0.3, -0.25) is 5.10 Å². The van der Waals surface area contributed by atoms with E-state index in [0.29, 0.717) is 6.54 Å². The van der Waals surface area contributed by atoms with E-state index in [4.69, 9.17) is 10.5 Å². The number of methoxy groups -OCH3 is 1. The van der Waals surface area contributed by atoms with E-state index in [2.05, 4.69) is 44.0 Å². The number of nitrogens with zero attached hydrogens (tertiary/aromatic N) is 1. The van der Waals surface area contributed by atoms with Gasteiger partial charge in [-0.2, -0.15) is 5.10 Å². The van der Waals surface area contributed by atoms with E-state index < -0.39 is 0 Å². The zero-order valence-electron chi connectivity index (χ0n) is 12.2. The van der Waals surface area contributed by atoms with Crippen LogP contribution in [0.2, 0.25) is 0 Å². The second-order valence-corrected chi connectivity index (χ2v) is 4.90. The van der Waals surface area contributed by atoms with Gasteiger partial charge in [0.05, 0.1) is 18.5 Å². The summed E-state index contributed by atoms with van der Waals surface area (Å²) < 4.78 is 5.41. The van der Waals surface area contributed by atoms with E-state index in [-0.39, 0.29) is 0 Å². The van der Waals surface area contributed by atoms with E-state index in [0.717, 1.165) is 33.8 Å². The molecule has 0 spiro atoms. The summed E-state index contributed by atoms with van der Waals surface area (Å²) >= 11 is 0. The van der Waals surface area contributed by atoms with Gasteiger partial charge in [-0.1, -0.05) is 0 Å². The van der Waals surface area contributed by atoms with Crippen molar-refractivity contribution in [2.45, 2.75) is 34.2 Å². The summed E-state index contributed by atoms with van der Waals surface area (Å²) in [6, 6.07) is 2.06. The van der Waals surface area contributed by atoms with Crippen molar-refractivity contribution in [2.24, 2.45) is 5.73 Å². The van der Waals surface area contributed by atoms with Crippen molar-refractivity contribution in [3.8, 4) is 17.0 Å². The molecule has 0 aliphatic carbocycles. The lowest BCUT2D eigenvalue weighted by atomic mass is 9.93. The lowest BCUT2D eigenvalue weighted by Crippen LogP contribution is -1.99. The van der Waals surface area contributed by atoms with Crippen molar-refractivity contribution < 1.29 is 4.74 Å². The second-order valence-electron chi connectivity index (χ2n) is 4.90. The molecular formula is C15H21N3O. The van der Waals surface area contributed by atoms with Crippen LogP contribution in [0.1, 0.15) is 27.9 Å². The summed E-state index contributed by atoms with van der Waals surface area (Å²) in [5.74, 6) is 0.922. The summed E-state index contributed by atoms with van der Waals surface area (Å²) in [4.78, 5) is 0. The average Bonchev–Trinajstić information content (AvgIpc) is 2.75. The number of aromatic nitrogens is 2. The Kier molecular flexibility index (Phi) is 3.62. The van der Waals surface area contributed by atoms with Crippen LogP contribution in [0.3, 0.4) is 0 Å². The standard InChI is InChI=1S/C15H21N3O/c1-8-6-13(19-5)9(2)10(3)14(8)15-11(4)12(7-16)17-18-15/h6H,7,16H2,1-5H3,(H,17,18). The molecule has 0 aliphatic rings. The number of hydrogen-bond donors (Lipinski definition) is 2. The molecule has 1 aromatic heterocycles. The van der Waals surface area contributed by atoms with Crippen LogP contribution in [0.15, 0.2) is 6.07 Å². The Morgan fingerprint density at radius 3 is 2.37 bits per heavy atom. The molecule has 102 valence electrons. The molecule has 0 unspecified atom stereocenters. The van der Waals surface area contributed by atoms with E-state index >= 15 is 0 Å². The number of rotatable bonds is 3. The molecule has 2 rings (SSSR count). The van der Waals surface area contributed by atoms with Gasteiger partial charge in [0.1, 0.15) is 5.75 Å². The van der Waals surface area contributed by atoms with E-state index in [1.807, 2.05) is 0 Å². The van der Waals surface area contributed by atoms with Crippen LogP contribution in [-0.4, -0.2) is 17.3 Å². The molecule has 2 aromatic rings. The van der Waals surface area contributed by atoms with Crippen molar-refractivity contribution in [1.29, 1.82) is 0 Å². The highest BCUT2D eigenvalue weighted by atomic mass is 16.5. The molecule has 1 aromatic carbocycles. The van der Waals surface area contributed by atoms with Crippen LogP contribution in [0.25, 0.3) is 11.3 Å². The largest absolute Gasteiger partial charge is 0.496 e.